The number of carbonyl (C=O) groups excluding carboxylic acids is 1. The summed E-state index contributed by atoms with van der Waals surface area (Å²) in [7, 11) is 1.59. The number of nitrogens with one attached hydrogen (secondary N) is 1. The summed E-state index contributed by atoms with van der Waals surface area (Å²) in [6.45, 7) is 1.03. The smallest absolute Gasteiger partial charge is 0.251 e. The Hall–Kier alpha value is -1.06. The van der Waals surface area contributed by atoms with Gasteiger partial charge in [0.15, 0.2) is 0 Å². The maximum Gasteiger partial charge on any atom is 0.251 e. The van der Waals surface area contributed by atoms with E-state index in [1.165, 1.54) is 0 Å². The van der Waals surface area contributed by atoms with Gasteiger partial charge in [0.2, 0.25) is 0 Å². The SMILES string of the molecule is COCCNC(=O)c1ccc(Cl)cc1. The van der Waals surface area contributed by atoms with Gasteiger partial charge in [0, 0.05) is 24.2 Å². The molecule has 4 heteroatoms. The minimum Gasteiger partial charge on any atom is -0.383 e. The third-order valence-corrected chi connectivity index (χ3v) is 1.95. The van der Waals surface area contributed by atoms with E-state index in [0.29, 0.717) is 23.7 Å². The van der Waals surface area contributed by atoms with E-state index in [9.17, 15) is 4.79 Å². The van der Waals surface area contributed by atoms with Gasteiger partial charge in [-0.15, -0.1) is 0 Å². The molecule has 14 heavy (non-hydrogen) atoms. The van der Waals surface area contributed by atoms with Gasteiger partial charge in [-0.25, -0.2) is 0 Å². The summed E-state index contributed by atoms with van der Waals surface area (Å²) in [5.74, 6) is -0.112. The number of rotatable bonds is 4. The van der Waals surface area contributed by atoms with Crippen LogP contribution in [0.2, 0.25) is 5.02 Å². The van der Waals surface area contributed by atoms with Crippen LogP contribution in [0.25, 0.3) is 0 Å². The van der Waals surface area contributed by atoms with E-state index in [2.05, 4.69) is 5.32 Å². The molecule has 0 unspecified atom stereocenters. The van der Waals surface area contributed by atoms with Crippen LogP contribution in [0.15, 0.2) is 24.3 Å². The summed E-state index contributed by atoms with van der Waals surface area (Å²) >= 11 is 5.69. The Labute approximate surface area is 88.0 Å². The maximum absolute atomic E-state index is 11.4. The molecule has 0 atom stereocenters. The average Bonchev–Trinajstić information content (AvgIpc) is 2.19. The molecule has 0 saturated carbocycles. The summed E-state index contributed by atoms with van der Waals surface area (Å²) < 4.78 is 4.81. The highest BCUT2D eigenvalue weighted by atomic mass is 35.5. The molecule has 0 heterocycles. The Kier molecular flexibility index (Phi) is 4.43. The van der Waals surface area contributed by atoms with Crippen molar-refractivity contribution in [2.75, 3.05) is 20.3 Å². The van der Waals surface area contributed by atoms with Crippen molar-refractivity contribution < 1.29 is 9.53 Å². The zero-order chi connectivity index (χ0) is 10.4. The zero-order valence-corrected chi connectivity index (χ0v) is 8.67. The van der Waals surface area contributed by atoms with E-state index in [1.807, 2.05) is 0 Å². The van der Waals surface area contributed by atoms with Crippen molar-refractivity contribution >= 4 is 17.5 Å². The van der Waals surface area contributed by atoms with Crippen LogP contribution in [0.4, 0.5) is 0 Å². The lowest BCUT2D eigenvalue weighted by atomic mass is 10.2. The molecule has 1 aromatic carbocycles. The summed E-state index contributed by atoms with van der Waals surface area (Å²) in [4.78, 5) is 11.4. The number of methoxy groups -OCH3 is 1. The molecule has 0 aliphatic heterocycles. The first-order chi connectivity index (χ1) is 6.74. The zero-order valence-electron chi connectivity index (χ0n) is 7.92. The number of hydrogen-bond acceptors (Lipinski definition) is 2. The first-order valence-corrected chi connectivity index (χ1v) is 4.64. The van der Waals surface area contributed by atoms with Crippen LogP contribution in [0.1, 0.15) is 10.4 Å². The molecule has 0 saturated heterocycles. The Morgan fingerprint density at radius 2 is 2.07 bits per heavy atom. The molecule has 76 valence electrons. The van der Waals surface area contributed by atoms with Crippen molar-refractivity contribution in [2.24, 2.45) is 0 Å². The third kappa shape index (κ3) is 3.36. The highest BCUT2D eigenvalue weighted by Crippen LogP contribution is 2.08. The molecule has 0 aliphatic rings. The van der Waals surface area contributed by atoms with Gasteiger partial charge in [-0.05, 0) is 24.3 Å². The van der Waals surface area contributed by atoms with Gasteiger partial charge in [-0.3, -0.25) is 4.79 Å². The number of amides is 1. The second kappa shape index (κ2) is 5.62. The van der Waals surface area contributed by atoms with Crippen LogP contribution in [-0.2, 0) is 4.74 Å². The van der Waals surface area contributed by atoms with Crippen molar-refractivity contribution in [2.45, 2.75) is 0 Å². The van der Waals surface area contributed by atoms with E-state index in [4.69, 9.17) is 16.3 Å². The Balaban J connectivity index is 2.48. The number of halogens is 1. The molecular weight excluding hydrogens is 202 g/mol. The van der Waals surface area contributed by atoms with Crippen molar-refractivity contribution in [3.05, 3.63) is 34.9 Å². The second-order valence-electron chi connectivity index (χ2n) is 2.76. The Morgan fingerprint density at radius 1 is 1.43 bits per heavy atom. The summed E-state index contributed by atoms with van der Waals surface area (Å²) in [5.41, 5.74) is 0.602. The first kappa shape index (κ1) is 11.0. The van der Waals surface area contributed by atoms with Crippen LogP contribution in [-0.4, -0.2) is 26.2 Å². The van der Waals surface area contributed by atoms with Crippen molar-refractivity contribution in [3.63, 3.8) is 0 Å². The largest absolute Gasteiger partial charge is 0.383 e. The van der Waals surface area contributed by atoms with E-state index in [1.54, 1.807) is 31.4 Å². The van der Waals surface area contributed by atoms with Gasteiger partial charge in [0.05, 0.1) is 6.61 Å². The van der Waals surface area contributed by atoms with Crippen molar-refractivity contribution in [3.8, 4) is 0 Å². The predicted molar refractivity (Wildman–Crippen MR) is 55.7 cm³/mol. The van der Waals surface area contributed by atoms with Gasteiger partial charge in [0.1, 0.15) is 0 Å². The lowest BCUT2D eigenvalue weighted by Gasteiger charge is -2.03. The number of ether oxygens (including phenoxy) is 1. The summed E-state index contributed by atoms with van der Waals surface area (Å²) in [6, 6.07) is 6.74. The predicted octanol–water partition coefficient (Wildman–Crippen LogP) is 1.72. The normalized spacial score (nSPS) is 9.86. The van der Waals surface area contributed by atoms with Gasteiger partial charge in [-0.1, -0.05) is 11.6 Å². The first-order valence-electron chi connectivity index (χ1n) is 4.26. The quantitative estimate of drug-likeness (QED) is 0.774. The lowest BCUT2D eigenvalue weighted by molar-refractivity contribution is 0.0937. The Bertz CT molecular complexity index is 297. The van der Waals surface area contributed by atoms with E-state index in [-0.39, 0.29) is 5.91 Å². The molecular formula is C10H12ClNO2. The van der Waals surface area contributed by atoms with Gasteiger partial charge in [-0.2, -0.15) is 0 Å². The summed E-state index contributed by atoms with van der Waals surface area (Å²) in [5, 5.41) is 3.34. The van der Waals surface area contributed by atoms with Crippen LogP contribution >= 0.6 is 11.6 Å². The molecule has 1 rings (SSSR count). The molecule has 3 nitrogen and oxygen atoms in total. The molecule has 1 amide bonds. The molecule has 0 aliphatic carbocycles. The lowest BCUT2D eigenvalue weighted by Crippen LogP contribution is -2.26. The number of carbonyl (C=O) groups is 1. The fraction of sp³-hybridized carbons (Fsp3) is 0.300. The van der Waals surface area contributed by atoms with Gasteiger partial charge >= 0.3 is 0 Å². The van der Waals surface area contributed by atoms with E-state index >= 15 is 0 Å². The molecule has 1 N–H and O–H groups in total. The monoisotopic (exact) mass is 213 g/mol. The topological polar surface area (TPSA) is 38.3 Å². The standard InChI is InChI=1S/C10H12ClNO2/c1-14-7-6-12-10(13)8-2-4-9(11)5-3-8/h2-5H,6-7H2,1H3,(H,12,13). The minimum absolute atomic E-state index is 0.112. The van der Waals surface area contributed by atoms with Crippen LogP contribution < -0.4 is 5.32 Å². The van der Waals surface area contributed by atoms with Crippen molar-refractivity contribution in [1.82, 2.24) is 5.32 Å². The molecule has 0 aromatic heterocycles. The highest BCUT2D eigenvalue weighted by Gasteiger charge is 2.03. The van der Waals surface area contributed by atoms with Crippen LogP contribution in [0.5, 0.6) is 0 Å². The van der Waals surface area contributed by atoms with Crippen molar-refractivity contribution in [1.29, 1.82) is 0 Å². The highest BCUT2D eigenvalue weighted by molar-refractivity contribution is 6.30. The number of benzene rings is 1. The Morgan fingerprint density at radius 3 is 2.64 bits per heavy atom. The second-order valence-corrected chi connectivity index (χ2v) is 3.19. The molecule has 0 fully saturated rings. The molecule has 0 bridgehead atoms. The van der Waals surface area contributed by atoms with Crippen LogP contribution in [0.3, 0.4) is 0 Å². The van der Waals surface area contributed by atoms with E-state index in [0.717, 1.165) is 0 Å². The minimum atomic E-state index is -0.112. The average molecular weight is 214 g/mol. The van der Waals surface area contributed by atoms with E-state index < -0.39 is 0 Å². The van der Waals surface area contributed by atoms with Gasteiger partial charge < -0.3 is 10.1 Å². The van der Waals surface area contributed by atoms with Gasteiger partial charge in [0.25, 0.3) is 5.91 Å². The molecule has 0 radical (unpaired) electrons. The summed E-state index contributed by atoms with van der Waals surface area (Å²) in [6.07, 6.45) is 0. The van der Waals surface area contributed by atoms with Crippen LogP contribution in [0, 0.1) is 0 Å². The molecule has 0 spiro atoms. The molecule has 1 aromatic rings. The maximum atomic E-state index is 11.4. The third-order valence-electron chi connectivity index (χ3n) is 1.70. The number of hydrogen-bond donors (Lipinski definition) is 1. The fourth-order valence-electron chi connectivity index (χ4n) is 0.970. The fourth-order valence-corrected chi connectivity index (χ4v) is 1.10.